The predicted octanol–water partition coefficient (Wildman–Crippen LogP) is 2.27. The third-order valence-corrected chi connectivity index (χ3v) is 6.24. The number of nitrogens with zero attached hydrogens (tertiary/aromatic N) is 2. The lowest BCUT2D eigenvalue weighted by Crippen LogP contribution is -2.30. The Kier molecular flexibility index (Phi) is 4.93. The van der Waals surface area contributed by atoms with E-state index in [4.69, 9.17) is 4.74 Å². The number of benzene rings is 1. The van der Waals surface area contributed by atoms with Crippen molar-refractivity contribution in [3.05, 3.63) is 60.2 Å². The van der Waals surface area contributed by atoms with E-state index in [2.05, 4.69) is 4.98 Å². The molecule has 24 heavy (non-hydrogen) atoms. The SMILES string of the molecule is COC[C@@H]1CN(S(=O)(=O)c2ccccc2F)C[C@H]1c1ccncc1. The van der Waals surface area contributed by atoms with Crippen molar-refractivity contribution in [1.82, 2.24) is 9.29 Å². The molecule has 1 saturated heterocycles. The van der Waals surface area contributed by atoms with Crippen molar-refractivity contribution in [1.29, 1.82) is 0 Å². The largest absolute Gasteiger partial charge is 0.384 e. The van der Waals surface area contributed by atoms with Gasteiger partial charge in [0.2, 0.25) is 10.0 Å². The van der Waals surface area contributed by atoms with Crippen molar-refractivity contribution < 1.29 is 17.5 Å². The molecule has 2 atom stereocenters. The highest BCUT2D eigenvalue weighted by Crippen LogP contribution is 2.36. The van der Waals surface area contributed by atoms with Gasteiger partial charge in [-0.1, -0.05) is 12.1 Å². The van der Waals surface area contributed by atoms with Crippen molar-refractivity contribution in [3.8, 4) is 0 Å². The van der Waals surface area contributed by atoms with E-state index in [0.29, 0.717) is 19.7 Å². The van der Waals surface area contributed by atoms with Crippen LogP contribution >= 0.6 is 0 Å². The number of methoxy groups -OCH3 is 1. The summed E-state index contributed by atoms with van der Waals surface area (Å²) in [5.74, 6) is -0.721. The number of aromatic nitrogens is 1. The summed E-state index contributed by atoms with van der Waals surface area (Å²) in [7, 11) is -2.28. The van der Waals surface area contributed by atoms with Crippen molar-refractivity contribution in [2.24, 2.45) is 5.92 Å². The van der Waals surface area contributed by atoms with Gasteiger partial charge in [-0.3, -0.25) is 4.98 Å². The molecule has 3 rings (SSSR count). The van der Waals surface area contributed by atoms with E-state index in [1.54, 1.807) is 19.5 Å². The average Bonchev–Trinajstić information content (AvgIpc) is 3.01. The Balaban J connectivity index is 1.92. The van der Waals surface area contributed by atoms with E-state index in [0.717, 1.165) is 11.6 Å². The molecule has 2 aromatic rings. The van der Waals surface area contributed by atoms with E-state index in [1.165, 1.54) is 22.5 Å². The Morgan fingerprint density at radius 2 is 1.92 bits per heavy atom. The summed E-state index contributed by atoms with van der Waals surface area (Å²) in [4.78, 5) is 3.72. The van der Waals surface area contributed by atoms with Gasteiger partial charge in [-0.05, 0) is 29.8 Å². The van der Waals surface area contributed by atoms with E-state index in [9.17, 15) is 12.8 Å². The van der Waals surface area contributed by atoms with Crippen LogP contribution in [0, 0.1) is 11.7 Å². The Morgan fingerprint density at radius 3 is 2.58 bits per heavy atom. The molecule has 0 N–H and O–H groups in total. The molecule has 5 nitrogen and oxygen atoms in total. The maximum atomic E-state index is 14.0. The van der Waals surface area contributed by atoms with Gasteiger partial charge >= 0.3 is 0 Å². The lowest BCUT2D eigenvalue weighted by Gasteiger charge is -2.17. The fraction of sp³-hybridized carbons (Fsp3) is 0.353. The van der Waals surface area contributed by atoms with Crippen LogP contribution in [0.15, 0.2) is 53.7 Å². The number of hydrogen-bond acceptors (Lipinski definition) is 4. The highest BCUT2D eigenvalue weighted by Gasteiger charge is 2.40. The van der Waals surface area contributed by atoms with E-state index >= 15 is 0 Å². The standard InChI is InChI=1S/C17H19FN2O3S/c1-23-12-14-10-20(11-15(14)13-6-8-19-9-7-13)24(21,22)17-5-3-2-4-16(17)18/h2-9,14-15H,10-12H2,1H3/t14-,15-/m0/s1. The summed E-state index contributed by atoms with van der Waals surface area (Å²) in [6, 6.07) is 9.23. The van der Waals surface area contributed by atoms with Crippen molar-refractivity contribution in [2.75, 3.05) is 26.8 Å². The molecule has 0 aliphatic carbocycles. The van der Waals surface area contributed by atoms with Crippen LogP contribution < -0.4 is 0 Å². The minimum atomic E-state index is -3.87. The number of ether oxygens (including phenoxy) is 1. The molecule has 0 bridgehead atoms. The summed E-state index contributed by atoms with van der Waals surface area (Å²) >= 11 is 0. The normalized spacial score (nSPS) is 21.9. The number of sulfonamides is 1. The van der Waals surface area contributed by atoms with Crippen LogP contribution in [0.2, 0.25) is 0 Å². The molecule has 0 spiro atoms. The fourth-order valence-electron chi connectivity index (χ4n) is 3.19. The maximum Gasteiger partial charge on any atom is 0.246 e. The van der Waals surface area contributed by atoms with Gasteiger partial charge in [-0.2, -0.15) is 4.31 Å². The van der Waals surface area contributed by atoms with Crippen molar-refractivity contribution >= 4 is 10.0 Å². The second kappa shape index (κ2) is 6.96. The third-order valence-electron chi connectivity index (χ3n) is 4.38. The van der Waals surface area contributed by atoms with Crippen LogP contribution in [0.25, 0.3) is 0 Å². The molecule has 1 aliphatic rings. The maximum absolute atomic E-state index is 14.0. The van der Waals surface area contributed by atoms with Crippen molar-refractivity contribution in [3.63, 3.8) is 0 Å². The third kappa shape index (κ3) is 3.19. The second-order valence-corrected chi connectivity index (χ2v) is 7.76. The summed E-state index contributed by atoms with van der Waals surface area (Å²) in [6.07, 6.45) is 3.38. The van der Waals surface area contributed by atoms with Gasteiger partial charge in [0, 0.05) is 44.4 Å². The first-order valence-corrected chi connectivity index (χ1v) is 9.11. The number of halogens is 1. The average molecular weight is 350 g/mol. The van der Waals surface area contributed by atoms with Gasteiger partial charge in [0.1, 0.15) is 10.7 Å². The zero-order chi connectivity index (χ0) is 17.2. The molecular formula is C17H19FN2O3S. The van der Waals surface area contributed by atoms with Crippen LogP contribution in [0.5, 0.6) is 0 Å². The predicted molar refractivity (Wildman–Crippen MR) is 87.5 cm³/mol. The first-order chi connectivity index (χ1) is 11.5. The van der Waals surface area contributed by atoms with E-state index in [-0.39, 0.29) is 16.7 Å². The minimum Gasteiger partial charge on any atom is -0.384 e. The first-order valence-electron chi connectivity index (χ1n) is 7.67. The smallest absolute Gasteiger partial charge is 0.246 e. The molecule has 2 heterocycles. The Labute approximate surface area is 141 Å². The number of pyridine rings is 1. The Hall–Kier alpha value is -1.83. The topological polar surface area (TPSA) is 59.5 Å². The van der Waals surface area contributed by atoms with Crippen LogP contribution in [0.4, 0.5) is 4.39 Å². The molecule has 0 saturated carbocycles. The zero-order valence-electron chi connectivity index (χ0n) is 13.3. The zero-order valence-corrected chi connectivity index (χ0v) is 14.1. The van der Waals surface area contributed by atoms with Crippen LogP contribution in [-0.4, -0.2) is 44.5 Å². The lowest BCUT2D eigenvalue weighted by molar-refractivity contribution is 0.151. The Bertz CT molecular complexity index is 798. The monoisotopic (exact) mass is 350 g/mol. The number of hydrogen-bond donors (Lipinski definition) is 0. The highest BCUT2D eigenvalue weighted by atomic mass is 32.2. The van der Waals surface area contributed by atoms with Gasteiger partial charge in [0.15, 0.2) is 0 Å². The molecule has 0 radical (unpaired) electrons. The summed E-state index contributed by atoms with van der Waals surface area (Å²) in [5, 5.41) is 0. The van der Waals surface area contributed by atoms with Crippen LogP contribution in [0.3, 0.4) is 0 Å². The fourth-order valence-corrected chi connectivity index (χ4v) is 4.78. The van der Waals surface area contributed by atoms with Gasteiger partial charge in [0.05, 0.1) is 6.61 Å². The first kappa shape index (κ1) is 17.0. The molecule has 1 aromatic heterocycles. The summed E-state index contributed by atoms with van der Waals surface area (Å²) in [5.41, 5.74) is 1.01. The summed E-state index contributed by atoms with van der Waals surface area (Å²) < 4.78 is 46.2. The van der Waals surface area contributed by atoms with Gasteiger partial charge in [-0.15, -0.1) is 0 Å². The summed E-state index contributed by atoms with van der Waals surface area (Å²) in [6.45, 7) is 1.04. The quantitative estimate of drug-likeness (QED) is 0.830. The van der Waals surface area contributed by atoms with Gasteiger partial charge in [0.25, 0.3) is 0 Å². The molecular weight excluding hydrogens is 331 g/mol. The Morgan fingerprint density at radius 1 is 1.21 bits per heavy atom. The lowest BCUT2D eigenvalue weighted by atomic mass is 9.90. The van der Waals surface area contributed by atoms with Gasteiger partial charge in [-0.25, -0.2) is 12.8 Å². The molecule has 7 heteroatoms. The highest BCUT2D eigenvalue weighted by molar-refractivity contribution is 7.89. The van der Waals surface area contributed by atoms with Crippen LogP contribution in [-0.2, 0) is 14.8 Å². The molecule has 128 valence electrons. The number of rotatable bonds is 5. The minimum absolute atomic E-state index is 0.00509. The van der Waals surface area contributed by atoms with Crippen molar-refractivity contribution in [2.45, 2.75) is 10.8 Å². The molecule has 0 amide bonds. The molecule has 0 unspecified atom stereocenters. The second-order valence-electron chi connectivity index (χ2n) is 5.85. The molecule has 1 fully saturated rings. The van der Waals surface area contributed by atoms with Gasteiger partial charge < -0.3 is 4.74 Å². The van der Waals surface area contributed by atoms with Crippen LogP contribution in [0.1, 0.15) is 11.5 Å². The molecule has 1 aromatic carbocycles. The van der Waals surface area contributed by atoms with E-state index < -0.39 is 15.8 Å². The molecule has 1 aliphatic heterocycles. The van der Waals surface area contributed by atoms with E-state index in [1.807, 2.05) is 12.1 Å².